The van der Waals surface area contributed by atoms with Gasteiger partial charge in [-0.25, -0.2) is 9.79 Å². The molecule has 0 spiro atoms. The molecule has 2 heterocycles. The number of carboxylic acid groups (broad SMARTS) is 1. The summed E-state index contributed by atoms with van der Waals surface area (Å²) in [5, 5.41) is 14.3. The number of fused-ring (bicyclic) bond motifs is 2. The minimum absolute atomic E-state index is 0.0121. The molecule has 1 atom stereocenters. The predicted molar refractivity (Wildman–Crippen MR) is 107 cm³/mol. The van der Waals surface area contributed by atoms with E-state index in [4.69, 9.17) is 19.6 Å². The number of para-hydroxylation sites is 1. The average Bonchev–Trinajstić information content (AvgIpc) is 3.57. The number of amides is 1. The van der Waals surface area contributed by atoms with Crippen LogP contribution in [0.4, 0.5) is 16.2 Å². The van der Waals surface area contributed by atoms with Crippen molar-refractivity contribution in [1.82, 2.24) is 0 Å². The maximum absolute atomic E-state index is 10.7. The van der Waals surface area contributed by atoms with Crippen LogP contribution >= 0.6 is 0 Å². The van der Waals surface area contributed by atoms with Crippen LogP contribution in [0.25, 0.3) is 0 Å². The normalized spacial score (nSPS) is 20.1. The lowest BCUT2D eigenvalue weighted by Crippen LogP contribution is -2.24. The maximum Gasteiger partial charge on any atom is 0.409 e. The van der Waals surface area contributed by atoms with E-state index in [1.54, 1.807) is 12.1 Å². The first-order valence-corrected chi connectivity index (χ1v) is 9.51. The zero-order valence-corrected chi connectivity index (χ0v) is 15.5. The van der Waals surface area contributed by atoms with Crippen LogP contribution in [-0.2, 0) is 11.3 Å². The summed E-state index contributed by atoms with van der Waals surface area (Å²) >= 11 is 0. The van der Waals surface area contributed by atoms with Gasteiger partial charge in [0.2, 0.25) is 0 Å². The molecule has 1 fully saturated rings. The number of hydrogen-bond acceptors (Lipinski definition) is 4. The molecule has 2 aliphatic heterocycles. The third-order valence-corrected chi connectivity index (χ3v) is 4.52. The van der Waals surface area contributed by atoms with Crippen molar-refractivity contribution < 1.29 is 19.4 Å². The van der Waals surface area contributed by atoms with Crippen molar-refractivity contribution >= 4 is 23.5 Å². The highest BCUT2D eigenvalue weighted by Crippen LogP contribution is 2.35. The van der Waals surface area contributed by atoms with Gasteiger partial charge in [-0.05, 0) is 24.3 Å². The van der Waals surface area contributed by atoms with E-state index in [-0.39, 0.29) is 6.04 Å². The summed E-state index contributed by atoms with van der Waals surface area (Å²) in [6.45, 7) is 0.959. The molecule has 1 saturated carbocycles. The molecule has 5 rings (SSSR count). The molecule has 7 nitrogen and oxygen atoms in total. The summed E-state index contributed by atoms with van der Waals surface area (Å²) in [7, 11) is 0. The molecule has 1 aliphatic carbocycles. The van der Waals surface area contributed by atoms with Crippen LogP contribution in [-0.4, -0.2) is 23.8 Å². The molecule has 146 valence electrons. The van der Waals surface area contributed by atoms with E-state index >= 15 is 0 Å². The van der Waals surface area contributed by atoms with Gasteiger partial charge >= 0.3 is 6.09 Å². The highest BCUT2D eigenvalue weighted by atomic mass is 16.5. The van der Waals surface area contributed by atoms with E-state index in [1.807, 2.05) is 30.3 Å². The van der Waals surface area contributed by atoms with Crippen molar-refractivity contribution in [2.45, 2.75) is 38.3 Å². The number of nitrogens with zero attached hydrogens (tertiary/aromatic N) is 1. The fraction of sp³-hybridized carbons (Fsp3) is 0.333. The van der Waals surface area contributed by atoms with Crippen LogP contribution in [0.3, 0.4) is 0 Å². The number of ether oxygens (including phenoxy) is 2. The van der Waals surface area contributed by atoms with E-state index in [2.05, 4.69) is 10.6 Å². The molecule has 7 heteroatoms. The summed E-state index contributed by atoms with van der Waals surface area (Å²) in [4.78, 5) is 15.4. The van der Waals surface area contributed by atoms with Crippen LogP contribution in [0, 0.1) is 0 Å². The lowest BCUT2D eigenvalue weighted by molar-refractivity contribution is 0.209. The molecule has 0 bridgehead atoms. The first-order chi connectivity index (χ1) is 13.7. The second-order valence-corrected chi connectivity index (χ2v) is 6.90. The third-order valence-electron chi connectivity index (χ3n) is 4.52. The Hall–Kier alpha value is -3.22. The molecule has 2 aromatic carbocycles. The van der Waals surface area contributed by atoms with E-state index in [9.17, 15) is 4.79 Å². The number of amidine groups is 1. The predicted octanol–water partition coefficient (Wildman–Crippen LogP) is 4.77. The van der Waals surface area contributed by atoms with Crippen LogP contribution < -0.4 is 15.4 Å². The number of carbonyl (C=O) groups is 1. The van der Waals surface area contributed by atoms with Gasteiger partial charge in [0.05, 0.1) is 12.6 Å². The zero-order valence-electron chi connectivity index (χ0n) is 15.5. The first kappa shape index (κ1) is 18.2. The van der Waals surface area contributed by atoms with Gasteiger partial charge in [-0.2, -0.15) is 0 Å². The van der Waals surface area contributed by atoms with Gasteiger partial charge in [-0.1, -0.05) is 37.5 Å². The molecule has 0 aromatic heterocycles. The Kier molecular flexibility index (Phi) is 5.32. The van der Waals surface area contributed by atoms with E-state index in [0.717, 1.165) is 29.0 Å². The molecule has 1 unspecified atom stereocenters. The van der Waals surface area contributed by atoms with Crippen molar-refractivity contribution in [2.24, 2.45) is 4.99 Å². The first-order valence-electron chi connectivity index (χ1n) is 9.51. The highest BCUT2D eigenvalue weighted by molar-refractivity contribution is 5.92. The van der Waals surface area contributed by atoms with Gasteiger partial charge < -0.3 is 19.9 Å². The fourth-order valence-corrected chi connectivity index (χ4v) is 3.00. The number of benzene rings is 2. The number of hydrogen-bond donors (Lipinski definition) is 3. The summed E-state index contributed by atoms with van der Waals surface area (Å²) in [5.74, 6) is 0.865. The van der Waals surface area contributed by atoms with Crippen molar-refractivity contribution in [3.63, 3.8) is 0 Å². The summed E-state index contributed by atoms with van der Waals surface area (Å²) in [6.07, 6.45) is 4.20. The average molecular weight is 381 g/mol. The molecule has 0 saturated heterocycles. The Bertz CT molecular complexity index is 892. The monoisotopic (exact) mass is 381 g/mol. The minimum atomic E-state index is -1.09. The van der Waals surface area contributed by atoms with E-state index in [1.165, 1.54) is 19.3 Å². The molecule has 2 aromatic rings. The van der Waals surface area contributed by atoms with Crippen molar-refractivity contribution in [3.05, 3.63) is 53.6 Å². The second-order valence-electron chi connectivity index (χ2n) is 6.90. The van der Waals surface area contributed by atoms with Gasteiger partial charge in [0.25, 0.3) is 6.02 Å². The minimum Gasteiger partial charge on any atom is -0.493 e. The largest absolute Gasteiger partial charge is 0.493 e. The van der Waals surface area contributed by atoms with E-state index in [0.29, 0.717) is 24.9 Å². The number of anilines is 2. The Morgan fingerprint density at radius 1 is 1.14 bits per heavy atom. The molecular weight excluding hydrogens is 358 g/mol. The Morgan fingerprint density at radius 2 is 1.96 bits per heavy atom. The third kappa shape index (κ3) is 4.54. The van der Waals surface area contributed by atoms with Crippen LogP contribution in [0.1, 0.15) is 42.9 Å². The van der Waals surface area contributed by atoms with Crippen molar-refractivity contribution in [3.8, 4) is 5.75 Å². The Morgan fingerprint density at radius 3 is 2.75 bits per heavy atom. The molecule has 0 radical (unpaired) electrons. The smallest absolute Gasteiger partial charge is 0.409 e. The highest BCUT2D eigenvalue weighted by Gasteiger charge is 2.23. The van der Waals surface area contributed by atoms with Gasteiger partial charge in [-0.15, -0.1) is 0 Å². The van der Waals surface area contributed by atoms with Gasteiger partial charge in [0, 0.05) is 28.9 Å². The summed E-state index contributed by atoms with van der Waals surface area (Å²) in [6, 6.07) is 13.6. The quantitative estimate of drug-likeness (QED) is 0.697. The standard InChI is InChI=1S/C18H17N3O4.C3H6/c22-18(23)19-12-5-6-14-11(9-12)10-25-17(20-14)21-15-7-8-24-16-4-2-1-3-13(15)16;1-2-3-1/h1-6,9,15,19H,7-8,10H2,(H,20,21)(H,22,23);1-3H2. The summed E-state index contributed by atoms with van der Waals surface area (Å²) in [5.41, 5.74) is 3.30. The summed E-state index contributed by atoms with van der Waals surface area (Å²) < 4.78 is 11.4. The number of nitrogens with one attached hydrogen (secondary N) is 2. The maximum atomic E-state index is 10.7. The molecule has 3 aliphatic rings. The van der Waals surface area contributed by atoms with Crippen LogP contribution in [0.2, 0.25) is 0 Å². The lowest BCUT2D eigenvalue weighted by atomic mass is 10.0. The second kappa shape index (κ2) is 8.21. The van der Waals surface area contributed by atoms with Gasteiger partial charge in [-0.3, -0.25) is 5.32 Å². The zero-order chi connectivity index (χ0) is 19.3. The number of aliphatic imine (C=N–C) groups is 1. The lowest BCUT2D eigenvalue weighted by Gasteiger charge is -2.26. The molecule has 3 N–H and O–H groups in total. The molecular formula is C21H23N3O4. The fourth-order valence-electron chi connectivity index (χ4n) is 3.00. The number of rotatable bonds is 2. The van der Waals surface area contributed by atoms with Crippen molar-refractivity contribution in [1.29, 1.82) is 0 Å². The van der Waals surface area contributed by atoms with Crippen LogP contribution in [0.15, 0.2) is 47.5 Å². The Labute approximate surface area is 163 Å². The molecule has 28 heavy (non-hydrogen) atoms. The van der Waals surface area contributed by atoms with Gasteiger partial charge in [0.15, 0.2) is 0 Å². The molecule has 1 amide bonds. The topological polar surface area (TPSA) is 92.2 Å². The van der Waals surface area contributed by atoms with Crippen molar-refractivity contribution in [2.75, 3.05) is 17.2 Å². The Balaban J connectivity index is 0.000000586. The van der Waals surface area contributed by atoms with E-state index < -0.39 is 6.09 Å². The van der Waals surface area contributed by atoms with Crippen LogP contribution in [0.5, 0.6) is 5.75 Å². The van der Waals surface area contributed by atoms with Gasteiger partial charge in [0.1, 0.15) is 12.4 Å². The SMILES string of the molecule is C1CC1.O=C(O)Nc1ccc2c(c1)COC(=NC1CCOc3ccccc31)N2.